The van der Waals surface area contributed by atoms with Crippen molar-refractivity contribution in [3.8, 4) is 5.75 Å². The SMILES string of the molecule is CC(Nc1ccc(COCCO)cc1)c1ccc(OC(F)F)cc1. The largest absolute Gasteiger partial charge is 0.435 e. The summed E-state index contributed by atoms with van der Waals surface area (Å²) in [5.41, 5.74) is 2.93. The van der Waals surface area contributed by atoms with Crippen molar-refractivity contribution in [1.29, 1.82) is 0 Å². The number of aliphatic hydroxyl groups is 1. The molecular formula is C18H21F2NO3. The van der Waals surface area contributed by atoms with E-state index < -0.39 is 6.61 Å². The molecule has 0 fully saturated rings. The molecule has 0 aliphatic carbocycles. The van der Waals surface area contributed by atoms with Crippen LogP contribution in [0.3, 0.4) is 0 Å². The molecule has 4 nitrogen and oxygen atoms in total. The van der Waals surface area contributed by atoms with Crippen molar-refractivity contribution in [3.05, 3.63) is 59.7 Å². The van der Waals surface area contributed by atoms with Gasteiger partial charge in [-0.2, -0.15) is 8.78 Å². The van der Waals surface area contributed by atoms with E-state index in [-0.39, 0.29) is 18.4 Å². The second-order valence-corrected chi connectivity index (χ2v) is 5.29. The van der Waals surface area contributed by atoms with Gasteiger partial charge in [-0.3, -0.25) is 0 Å². The van der Waals surface area contributed by atoms with Crippen LogP contribution in [0.2, 0.25) is 0 Å². The Morgan fingerprint density at radius 2 is 1.71 bits per heavy atom. The summed E-state index contributed by atoms with van der Waals surface area (Å²) in [5, 5.41) is 12.0. The molecule has 1 atom stereocenters. The summed E-state index contributed by atoms with van der Waals surface area (Å²) in [6, 6.07) is 14.4. The lowest BCUT2D eigenvalue weighted by molar-refractivity contribution is -0.0498. The Labute approximate surface area is 140 Å². The minimum Gasteiger partial charge on any atom is -0.435 e. The van der Waals surface area contributed by atoms with E-state index in [1.54, 1.807) is 12.1 Å². The summed E-state index contributed by atoms with van der Waals surface area (Å²) in [5.74, 6) is 0.146. The third kappa shape index (κ3) is 5.79. The number of halogens is 2. The summed E-state index contributed by atoms with van der Waals surface area (Å²) in [6.45, 7) is -0.0320. The summed E-state index contributed by atoms with van der Waals surface area (Å²) < 4.78 is 33.9. The van der Waals surface area contributed by atoms with Crippen LogP contribution in [0.25, 0.3) is 0 Å². The van der Waals surface area contributed by atoms with Gasteiger partial charge in [0.2, 0.25) is 0 Å². The highest BCUT2D eigenvalue weighted by Crippen LogP contribution is 2.22. The average Bonchev–Trinajstić information content (AvgIpc) is 2.57. The van der Waals surface area contributed by atoms with E-state index in [9.17, 15) is 8.78 Å². The van der Waals surface area contributed by atoms with Gasteiger partial charge in [0, 0.05) is 11.7 Å². The third-order valence-corrected chi connectivity index (χ3v) is 3.45. The summed E-state index contributed by atoms with van der Waals surface area (Å²) in [4.78, 5) is 0. The lowest BCUT2D eigenvalue weighted by Crippen LogP contribution is -2.07. The van der Waals surface area contributed by atoms with Gasteiger partial charge in [0.25, 0.3) is 0 Å². The van der Waals surface area contributed by atoms with Crippen molar-refractivity contribution in [2.24, 2.45) is 0 Å². The molecule has 0 aliphatic rings. The highest BCUT2D eigenvalue weighted by molar-refractivity contribution is 5.47. The van der Waals surface area contributed by atoms with E-state index >= 15 is 0 Å². The van der Waals surface area contributed by atoms with Crippen molar-refractivity contribution in [1.82, 2.24) is 0 Å². The maximum Gasteiger partial charge on any atom is 0.387 e. The molecule has 0 aliphatic heterocycles. The maximum absolute atomic E-state index is 12.1. The first-order valence-electron chi connectivity index (χ1n) is 7.67. The van der Waals surface area contributed by atoms with Crippen LogP contribution in [0, 0.1) is 0 Å². The van der Waals surface area contributed by atoms with Crippen LogP contribution in [-0.4, -0.2) is 24.9 Å². The number of ether oxygens (including phenoxy) is 2. The third-order valence-electron chi connectivity index (χ3n) is 3.45. The van der Waals surface area contributed by atoms with Crippen LogP contribution in [0.4, 0.5) is 14.5 Å². The van der Waals surface area contributed by atoms with E-state index in [1.807, 2.05) is 31.2 Å². The fourth-order valence-corrected chi connectivity index (χ4v) is 2.22. The summed E-state index contributed by atoms with van der Waals surface area (Å²) in [7, 11) is 0. The zero-order valence-corrected chi connectivity index (χ0v) is 13.4. The maximum atomic E-state index is 12.1. The normalized spacial score (nSPS) is 12.2. The van der Waals surface area contributed by atoms with Crippen LogP contribution in [0.15, 0.2) is 48.5 Å². The number of benzene rings is 2. The smallest absolute Gasteiger partial charge is 0.387 e. The first-order valence-corrected chi connectivity index (χ1v) is 7.67. The van der Waals surface area contributed by atoms with Gasteiger partial charge >= 0.3 is 6.61 Å². The Kier molecular flexibility index (Phi) is 6.96. The first kappa shape index (κ1) is 18.2. The minimum atomic E-state index is -2.81. The monoisotopic (exact) mass is 337 g/mol. The Hall–Kier alpha value is -2.18. The van der Waals surface area contributed by atoms with E-state index in [2.05, 4.69) is 10.1 Å². The molecule has 24 heavy (non-hydrogen) atoms. The van der Waals surface area contributed by atoms with Gasteiger partial charge in [0.15, 0.2) is 0 Å². The van der Waals surface area contributed by atoms with Gasteiger partial charge < -0.3 is 19.9 Å². The molecule has 130 valence electrons. The topological polar surface area (TPSA) is 50.7 Å². The molecule has 1 unspecified atom stereocenters. The zero-order chi connectivity index (χ0) is 17.4. The predicted octanol–water partition coefficient (Wildman–Crippen LogP) is 3.97. The van der Waals surface area contributed by atoms with Gasteiger partial charge in [0.05, 0.1) is 19.8 Å². The molecule has 2 aromatic rings. The Morgan fingerprint density at radius 3 is 2.29 bits per heavy atom. The van der Waals surface area contributed by atoms with Crippen LogP contribution < -0.4 is 10.1 Å². The van der Waals surface area contributed by atoms with Gasteiger partial charge in [-0.05, 0) is 42.3 Å². The van der Waals surface area contributed by atoms with E-state index in [0.717, 1.165) is 16.8 Å². The number of nitrogens with one attached hydrogen (secondary N) is 1. The van der Waals surface area contributed by atoms with Crippen LogP contribution in [0.5, 0.6) is 5.75 Å². The Bertz CT molecular complexity index is 603. The molecule has 6 heteroatoms. The van der Waals surface area contributed by atoms with Gasteiger partial charge in [-0.25, -0.2) is 0 Å². The molecule has 2 N–H and O–H groups in total. The van der Waals surface area contributed by atoms with Crippen molar-refractivity contribution in [2.45, 2.75) is 26.2 Å². The summed E-state index contributed by atoms with van der Waals surface area (Å²) >= 11 is 0. The number of hydrogen-bond acceptors (Lipinski definition) is 4. The molecule has 0 heterocycles. The van der Waals surface area contributed by atoms with Gasteiger partial charge in [0.1, 0.15) is 5.75 Å². The van der Waals surface area contributed by atoms with E-state index in [1.165, 1.54) is 12.1 Å². The number of rotatable bonds is 9. The highest BCUT2D eigenvalue weighted by Gasteiger charge is 2.08. The predicted molar refractivity (Wildman–Crippen MR) is 88.3 cm³/mol. The molecule has 0 saturated heterocycles. The number of anilines is 1. The molecule has 2 rings (SSSR count). The lowest BCUT2D eigenvalue weighted by Gasteiger charge is -2.16. The van der Waals surface area contributed by atoms with Crippen molar-refractivity contribution >= 4 is 5.69 Å². The molecule has 0 aromatic heterocycles. The average molecular weight is 337 g/mol. The van der Waals surface area contributed by atoms with E-state index in [0.29, 0.717) is 13.2 Å². The molecule has 0 saturated carbocycles. The number of aliphatic hydroxyl groups excluding tert-OH is 1. The van der Waals surface area contributed by atoms with Crippen molar-refractivity contribution in [2.75, 3.05) is 18.5 Å². The minimum absolute atomic E-state index is 0.0122. The van der Waals surface area contributed by atoms with Crippen LogP contribution >= 0.6 is 0 Å². The molecule has 0 amide bonds. The van der Waals surface area contributed by atoms with Gasteiger partial charge in [-0.15, -0.1) is 0 Å². The quantitative estimate of drug-likeness (QED) is 0.680. The first-order chi connectivity index (χ1) is 11.6. The second kappa shape index (κ2) is 9.20. The second-order valence-electron chi connectivity index (χ2n) is 5.29. The Morgan fingerprint density at radius 1 is 1.04 bits per heavy atom. The molecule has 0 radical (unpaired) electrons. The fourth-order valence-electron chi connectivity index (χ4n) is 2.22. The van der Waals surface area contributed by atoms with Gasteiger partial charge in [-0.1, -0.05) is 24.3 Å². The molecule has 0 spiro atoms. The van der Waals surface area contributed by atoms with Crippen LogP contribution in [-0.2, 0) is 11.3 Å². The molecule has 2 aromatic carbocycles. The van der Waals surface area contributed by atoms with Crippen molar-refractivity contribution in [3.63, 3.8) is 0 Å². The number of hydrogen-bond donors (Lipinski definition) is 2. The summed E-state index contributed by atoms with van der Waals surface area (Å²) in [6.07, 6.45) is 0. The fraction of sp³-hybridized carbons (Fsp3) is 0.333. The van der Waals surface area contributed by atoms with Crippen molar-refractivity contribution < 1.29 is 23.4 Å². The van der Waals surface area contributed by atoms with Crippen LogP contribution in [0.1, 0.15) is 24.1 Å². The molecular weight excluding hydrogens is 316 g/mol. The zero-order valence-electron chi connectivity index (χ0n) is 13.4. The molecule has 0 bridgehead atoms. The Balaban J connectivity index is 1.90. The highest BCUT2D eigenvalue weighted by atomic mass is 19.3. The standard InChI is InChI=1S/C18H21F2NO3/c1-13(15-4-8-17(9-5-15)24-18(19)20)21-16-6-2-14(3-7-16)12-23-11-10-22/h2-9,13,18,21-22H,10-12H2,1H3. The lowest BCUT2D eigenvalue weighted by atomic mass is 10.1. The van der Waals surface area contributed by atoms with E-state index in [4.69, 9.17) is 9.84 Å². The number of alkyl halides is 2.